The SMILES string of the molecule is CCCCCCCc1ccc(C(=O)OSc2ccccc2Cl)cc1. The number of hydrogen-bond donors (Lipinski definition) is 0. The number of aryl methyl sites for hydroxylation is 1. The molecule has 0 fully saturated rings. The number of benzene rings is 2. The largest absolute Gasteiger partial charge is 0.382 e. The van der Waals surface area contributed by atoms with Gasteiger partial charge in [0.15, 0.2) is 0 Å². The van der Waals surface area contributed by atoms with Gasteiger partial charge in [-0.3, -0.25) is 0 Å². The van der Waals surface area contributed by atoms with Crippen LogP contribution in [0.2, 0.25) is 5.02 Å². The average Bonchev–Trinajstić information content (AvgIpc) is 2.61. The van der Waals surface area contributed by atoms with Crippen molar-refractivity contribution in [3.63, 3.8) is 0 Å². The fourth-order valence-corrected chi connectivity index (χ4v) is 3.16. The maximum Gasteiger partial charge on any atom is 0.350 e. The Morgan fingerprint density at radius 2 is 1.71 bits per heavy atom. The highest BCUT2D eigenvalue weighted by Gasteiger charge is 2.10. The normalized spacial score (nSPS) is 10.6. The van der Waals surface area contributed by atoms with E-state index >= 15 is 0 Å². The number of carbonyl (C=O) groups excluding carboxylic acids is 1. The van der Waals surface area contributed by atoms with Crippen LogP contribution in [0.4, 0.5) is 0 Å². The molecular formula is C20H23ClO2S. The van der Waals surface area contributed by atoms with Gasteiger partial charge in [0.25, 0.3) is 0 Å². The van der Waals surface area contributed by atoms with E-state index in [-0.39, 0.29) is 5.97 Å². The molecule has 2 aromatic rings. The fourth-order valence-electron chi connectivity index (χ4n) is 2.38. The van der Waals surface area contributed by atoms with Crippen LogP contribution in [0, 0.1) is 0 Å². The Morgan fingerprint density at radius 3 is 2.42 bits per heavy atom. The third-order valence-corrected chi connectivity index (χ3v) is 5.01. The number of rotatable bonds is 9. The molecular weight excluding hydrogens is 340 g/mol. The summed E-state index contributed by atoms with van der Waals surface area (Å²) in [5.41, 5.74) is 1.83. The highest BCUT2D eigenvalue weighted by molar-refractivity contribution is 7.95. The van der Waals surface area contributed by atoms with Crippen molar-refractivity contribution >= 4 is 29.6 Å². The van der Waals surface area contributed by atoms with Crippen LogP contribution in [0.25, 0.3) is 0 Å². The molecule has 0 atom stereocenters. The minimum Gasteiger partial charge on any atom is -0.382 e. The van der Waals surface area contributed by atoms with E-state index < -0.39 is 0 Å². The first-order valence-electron chi connectivity index (χ1n) is 8.43. The Bertz CT molecular complexity index is 640. The maximum absolute atomic E-state index is 12.1. The minimum atomic E-state index is -0.352. The number of hydrogen-bond acceptors (Lipinski definition) is 3. The number of unbranched alkanes of at least 4 members (excludes halogenated alkanes) is 4. The summed E-state index contributed by atoms with van der Waals surface area (Å²) in [6, 6.07) is 15.0. The lowest BCUT2D eigenvalue weighted by atomic mass is 10.0. The summed E-state index contributed by atoms with van der Waals surface area (Å²) in [4.78, 5) is 12.8. The molecule has 24 heavy (non-hydrogen) atoms. The van der Waals surface area contributed by atoms with Gasteiger partial charge in [0.05, 0.1) is 27.5 Å². The molecule has 128 valence electrons. The molecule has 0 amide bonds. The van der Waals surface area contributed by atoms with Crippen LogP contribution in [0.5, 0.6) is 0 Å². The van der Waals surface area contributed by atoms with Gasteiger partial charge in [-0.1, -0.05) is 68.5 Å². The van der Waals surface area contributed by atoms with Gasteiger partial charge in [-0.15, -0.1) is 0 Å². The van der Waals surface area contributed by atoms with E-state index in [1.807, 2.05) is 42.5 Å². The molecule has 0 saturated carbocycles. The van der Waals surface area contributed by atoms with Gasteiger partial charge in [-0.2, -0.15) is 0 Å². The zero-order valence-corrected chi connectivity index (χ0v) is 15.5. The van der Waals surface area contributed by atoms with E-state index in [1.165, 1.54) is 37.7 Å². The third kappa shape index (κ3) is 6.21. The van der Waals surface area contributed by atoms with Crippen LogP contribution in [0.3, 0.4) is 0 Å². The second-order valence-electron chi connectivity index (χ2n) is 5.75. The molecule has 0 bridgehead atoms. The average molecular weight is 363 g/mol. The minimum absolute atomic E-state index is 0.352. The smallest absolute Gasteiger partial charge is 0.350 e. The zero-order valence-electron chi connectivity index (χ0n) is 14.0. The van der Waals surface area contributed by atoms with Crippen molar-refractivity contribution < 1.29 is 8.98 Å². The zero-order chi connectivity index (χ0) is 17.2. The topological polar surface area (TPSA) is 26.3 Å². The quantitative estimate of drug-likeness (QED) is 0.366. The Balaban J connectivity index is 1.79. The summed E-state index contributed by atoms with van der Waals surface area (Å²) in [5, 5.41) is 0.578. The van der Waals surface area contributed by atoms with Crippen molar-refractivity contribution in [3.05, 3.63) is 64.7 Å². The third-order valence-electron chi connectivity index (χ3n) is 3.80. The van der Waals surface area contributed by atoms with Crippen LogP contribution >= 0.6 is 23.6 Å². The van der Waals surface area contributed by atoms with E-state index in [0.29, 0.717) is 10.6 Å². The van der Waals surface area contributed by atoms with E-state index in [0.717, 1.165) is 23.4 Å². The lowest BCUT2D eigenvalue weighted by Crippen LogP contribution is -2.00. The Labute approximate surface area is 153 Å². The molecule has 0 aromatic heterocycles. The molecule has 0 heterocycles. The van der Waals surface area contributed by atoms with Gasteiger partial charge < -0.3 is 4.18 Å². The summed E-state index contributed by atoms with van der Waals surface area (Å²) in [6.45, 7) is 2.22. The van der Waals surface area contributed by atoms with Crippen LogP contribution in [-0.2, 0) is 10.6 Å². The van der Waals surface area contributed by atoms with Gasteiger partial charge in [0.2, 0.25) is 0 Å². The summed E-state index contributed by atoms with van der Waals surface area (Å²) < 4.78 is 5.25. The monoisotopic (exact) mass is 362 g/mol. The lowest BCUT2D eigenvalue weighted by Gasteiger charge is -2.06. The number of halogens is 1. The summed E-state index contributed by atoms with van der Waals surface area (Å²) in [5.74, 6) is -0.352. The molecule has 0 aliphatic heterocycles. The molecule has 0 spiro atoms. The second kappa shape index (κ2) is 10.4. The van der Waals surface area contributed by atoms with Crippen LogP contribution in [-0.4, -0.2) is 5.97 Å². The van der Waals surface area contributed by atoms with Crippen molar-refractivity contribution in [1.29, 1.82) is 0 Å². The number of carbonyl (C=O) groups is 1. The highest BCUT2D eigenvalue weighted by Crippen LogP contribution is 2.28. The molecule has 2 rings (SSSR count). The van der Waals surface area contributed by atoms with Crippen LogP contribution in [0.1, 0.15) is 54.9 Å². The molecule has 0 aliphatic carbocycles. The van der Waals surface area contributed by atoms with Crippen molar-refractivity contribution in [2.24, 2.45) is 0 Å². The Hall–Kier alpha value is -1.45. The van der Waals surface area contributed by atoms with Crippen molar-refractivity contribution in [2.45, 2.75) is 50.3 Å². The second-order valence-corrected chi connectivity index (χ2v) is 6.93. The standard InChI is InChI=1S/C20H23ClO2S/c1-2-3-4-5-6-9-16-12-14-17(15-13-16)20(22)23-24-19-11-8-7-10-18(19)21/h7-8,10-15H,2-6,9H2,1H3. The van der Waals surface area contributed by atoms with Gasteiger partial charge in [0.1, 0.15) is 0 Å². The summed E-state index contributed by atoms with van der Waals surface area (Å²) in [6.07, 6.45) is 7.42. The van der Waals surface area contributed by atoms with Gasteiger partial charge in [-0.05, 0) is 42.7 Å². The summed E-state index contributed by atoms with van der Waals surface area (Å²) >= 11 is 7.04. The summed E-state index contributed by atoms with van der Waals surface area (Å²) in [7, 11) is 0. The maximum atomic E-state index is 12.1. The lowest BCUT2D eigenvalue weighted by molar-refractivity contribution is 0.0768. The Morgan fingerprint density at radius 1 is 1.00 bits per heavy atom. The fraction of sp³-hybridized carbons (Fsp3) is 0.350. The van der Waals surface area contributed by atoms with E-state index in [2.05, 4.69) is 6.92 Å². The van der Waals surface area contributed by atoms with Crippen molar-refractivity contribution in [2.75, 3.05) is 0 Å². The van der Waals surface area contributed by atoms with Gasteiger partial charge >= 0.3 is 5.97 Å². The predicted molar refractivity (Wildman–Crippen MR) is 102 cm³/mol. The molecule has 2 aromatic carbocycles. The van der Waals surface area contributed by atoms with E-state index in [1.54, 1.807) is 6.07 Å². The molecule has 0 unspecified atom stereocenters. The van der Waals surface area contributed by atoms with Crippen molar-refractivity contribution in [3.8, 4) is 0 Å². The molecule has 0 aliphatic rings. The molecule has 4 heteroatoms. The highest BCUT2D eigenvalue weighted by atomic mass is 35.5. The predicted octanol–water partition coefficient (Wildman–Crippen LogP) is 6.72. The van der Waals surface area contributed by atoms with Crippen molar-refractivity contribution in [1.82, 2.24) is 0 Å². The Kier molecular flexibility index (Phi) is 8.20. The van der Waals surface area contributed by atoms with Gasteiger partial charge in [-0.25, -0.2) is 4.79 Å². The first-order chi connectivity index (χ1) is 11.7. The van der Waals surface area contributed by atoms with Gasteiger partial charge in [0, 0.05) is 0 Å². The van der Waals surface area contributed by atoms with E-state index in [9.17, 15) is 4.79 Å². The first-order valence-corrected chi connectivity index (χ1v) is 9.55. The molecule has 0 N–H and O–H groups in total. The molecule has 0 saturated heterocycles. The van der Waals surface area contributed by atoms with E-state index in [4.69, 9.17) is 15.8 Å². The van der Waals surface area contributed by atoms with Crippen LogP contribution in [0.15, 0.2) is 53.4 Å². The molecule has 0 radical (unpaired) electrons. The van der Waals surface area contributed by atoms with Crippen LogP contribution < -0.4 is 0 Å². The first kappa shape index (κ1) is 18.9. The molecule has 2 nitrogen and oxygen atoms in total.